The third-order valence-corrected chi connectivity index (χ3v) is 7.64. The van der Waals surface area contributed by atoms with Crippen LogP contribution in [-0.2, 0) is 11.3 Å². The third kappa shape index (κ3) is 4.86. The summed E-state index contributed by atoms with van der Waals surface area (Å²) in [5, 5.41) is 21.2. The van der Waals surface area contributed by atoms with E-state index in [0.717, 1.165) is 29.9 Å². The number of anilines is 1. The summed E-state index contributed by atoms with van der Waals surface area (Å²) in [5.41, 5.74) is 4.80. The lowest BCUT2D eigenvalue weighted by molar-refractivity contribution is 0.0693. The first-order valence-electron chi connectivity index (χ1n) is 11.1. The molecule has 5 rings (SSSR count). The summed E-state index contributed by atoms with van der Waals surface area (Å²) in [5.74, 6) is -0.925. The van der Waals surface area contributed by atoms with Crippen molar-refractivity contribution in [2.75, 3.05) is 31.2 Å². The predicted octanol–water partition coefficient (Wildman–Crippen LogP) is 5.82. The van der Waals surface area contributed by atoms with E-state index >= 15 is 0 Å². The van der Waals surface area contributed by atoms with E-state index in [4.69, 9.17) is 13.9 Å². The predicted molar refractivity (Wildman–Crippen MR) is 138 cm³/mol. The fraction of sp³-hybridized carbons (Fsp3) is 0.192. The molecule has 8 nitrogen and oxygen atoms in total. The lowest BCUT2D eigenvalue weighted by Crippen LogP contribution is -2.36. The highest BCUT2D eigenvalue weighted by Gasteiger charge is 2.21. The Bertz CT molecular complexity index is 1420. The molecule has 10 heteroatoms. The maximum absolute atomic E-state index is 11.7. The lowest BCUT2D eigenvalue weighted by Gasteiger charge is -2.28. The average Bonchev–Trinajstić information content (AvgIpc) is 3.57. The monoisotopic (exact) mass is 565 g/mol. The van der Waals surface area contributed by atoms with Crippen LogP contribution >= 0.6 is 27.3 Å². The fourth-order valence-electron chi connectivity index (χ4n) is 4.03. The summed E-state index contributed by atoms with van der Waals surface area (Å²) < 4.78 is 17.2. The van der Waals surface area contributed by atoms with E-state index in [0.29, 0.717) is 33.8 Å². The molecule has 36 heavy (non-hydrogen) atoms. The van der Waals surface area contributed by atoms with Gasteiger partial charge in [0.1, 0.15) is 18.2 Å². The van der Waals surface area contributed by atoms with Gasteiger partial charge in [-0.3, -0.25) is 0 Å². The van der Waals surface area contributed by atoms with Crippen LogP contribution in [0, 0.1) is 11.3 Å². The summed E-state index contributed by atoms with van der Waals surface area (Å²) in [6.45, 7) is 3.05. The molecule has 0 saturated carbocycles. The molecule has 0 radical (unpaired) electrons. The van der Waals surface area contributed by atoms with Gasteiger partial charge in [-0.1, -0.05) is 12.1 Å². The van der Waals surface area contributed by atoms with Gasteiger partial charge in [0, 0.05) is 41.0 Å². The standard InChI is InChI=1S/C26H20BrN3O5S/c27-24-23(26(31)32)18(15-36-24)14-35-25-21(12-28)20(17-5-8-34-13-17)11-22(29-25)16-1-3-19(4-2-16)30-6-9-33-10-7-30/h1-5,8,11,13,15H,6-7,9-10,14H2,(H,31,32). The molecule has 0 spiro atoms. The maximum Gasteiger partial charge on any atom is 0.338 e. The quantitative estimate of drug-likeness (QED) is 0.298. The molecule has 3 aromatic heterocycles. The van der Waals surface area contributed by atoms with Crippen molar-refractivity contribution in [1.82, 2.24) is 4.98 Å². The summed E-state index contributed by atoms with van der Waals surface area (Å²) in [6, 6.07) is 13.9. The van der Waals surface area contributed by atoms with Crippen molar-refractivity contribution in [3.63, 3.8) is 0 Å². The number of benzene rings is 1. The van der Waals surface area contributed by atoms with Crippen LogP contribution in [0.1, 0.15) is 21.5 Å². The molecule has 4 heterocycles. The highest BCUT2D eigenvalue weighted by Crippen LogP contribution is 2.35. The van der Waals surface area contributed by atoms with Crippen LogP contribution in [0.2, 0.25) is 0 Å². The van der Waals surface area contributed by atoms with Crippen LogP contribution < -0.4 is 9.64 Å². The zero-order valence-corrected chi connectivity index (χ0v) is 21.3. The largest absolute Gasteiger partial charge is 0.478 e. The number of nitrogens with zero attached hydrogens (tertiary/aromatic N) is 3. The number of hydrogen-bond acceptors (Lipinski definition) is 8. The van der Waals surface area contributed by atoms with Gasteiger partial charge >= 0.3 is 5.97 Å². The van der Waals surface area contributed by atoms with Crippen LogP contribution in [0.4, 0.5) is 5.69 Å². The zero-order valence-electron chi connectivity index (χ0n) is 18.9. The third-order valence-electron chi connectivity index (χ3n) is 5.87. The molecule has 0 amide bonds. The summed E-state index contributed by atoms with van der Waals surface area (Å²) in [7, 11) is 0. The molecule has 1 aliphatic heterocycles. The minimum atomic E-state index is -1.05. The molecule has 0 aliphatic carbocycles. The topological polar surface area (TPSA) is 109 Å². The number of morpholine rings is 1. The first-order valence-corrected chi connectivity index (χ1v) is 12.7. The fourth-order valence-corrected chi connectivity index (χ4v) is 5.51. The van der Waals surface area contributed by atoms with Crippen LogP contribution in [-0.4, -0.2) is 42.4 Å². The first-order chi connectivity index (χ1) is 17.5. The Labute approximate surface area is 219 Å². The Balaban J connectivity index is 1.52. The molecular formula is C26H20BrN3O5S. The number of furan rings is 1. The van der Waals surface area contributed by atoms with Gasteiger partial charge in [-0.2, -0.15) is 5.26 Å². The normalized spacial score (nSPS) is 13.4. The van der Waals surface area contributed by atoms with Crippen molar-refractivity contribution < 1.29 is 23.8 Å². The Morgan fingerprint density at radius 3 is 2.67 bits per heavy atom. The second kappa shape index (κ2) is 10.5. The lowest BCUT2D eigenvalue weighted by atomic mass is 10.0. The van der Waals surface area contributed by atoms with Gasteiger partial charge < -0.3 is 23.9 Å². The van der Waals surface area contributed by atoms with Gasteiger partial charge in [0.25, 0.3) is 0 Å². The summed E-state index contributed by atoms with van der Waals surface area (Å²) in [4.78, 5) is 18.6. The van der Waals surface area contributed by atoms with Gasteiger partial charge in [-0.05, 0) is 45.6 Å². The van der Waals surface area contributed by atoms with Gasteiger partial charge in [-0.25, -0.2) is 9.78 Å². The summed E-state index contributed by atoms with van der Waals surface area (Å²) in [6.07, 6.45) is 3.10. The number of rotatable bonds is 7. The van der Waals surface area contributed by atoms with Gasteiger partial charge in [-0.15, -0.1) is 11.3 Å². The van der Waals surface area contributed by atoms with Gasteiger partial charge in [0.15, 0.2) is 0 Å². The molecule has 182 valence electrons. The molecule has 1 saturated heterocycles. The first kappa shape index (κ1) is 24.1. The second-order valence-corrected chi connectivity index (χ2v) is 10.2. The molecule has 0 atom stereocenters. The van der Waals surface area contributed by atoms with Crippen molar-refractivity contribution >= 4 is 38.9 Å². The Morgan fingerprint density at radius 2 is 2.00 bits per heavy atom. The maximum atomic E-state index is 11.7. The molecule has 1 fully saturated rings. The van der Waals surface area contributed by atoms with Crippen LogP contribution in [0.3, 0.4) is 0 Å². The number of ether oxygens (including phenoxy) is 2. The van der Waals surface area contributed by atoms with Gasteiger partial charge in [0.2, 0.25) is 5.88 Å². The highest BCUT2D eigenvalue weighted by atomic mass is 79.9. The smallest absolute Gasteiger partial charge is 0.338 e. The number of hydrogen-bond donors (Lipinski definition) is 1. The molecule has 1 aliphatic rings. The average molecular weight is 566 g/mol. The molecule has 0 bridgehead atoms. The number of carbonyl (C=O) groups is 1. The van der Waals surface area contributed by atoms with Crippen LogP contribution in [0.5, 0.6) is 5.88 Å². The molecule has 1 N–H and O–H groups in total. The minimum Gasteiger partial charge on any atom is -0.478 e. The van der Waals surface area contributed by atoms with Gasteiger partial charge in [0.05, 0.1) is 40.8 Å². The Kier molecular flexibility index (Phi) is 7.04. The van der Waals surface area contributed by atoms with Crippen molar-refractivity contribution in [3.8, 4) is 34.3 Å². The molecule has 1 aromatic carbocycles. The SMILES string of the molecule is N#Cc1c(-c2ccoc2)cc(-c2ccc(N3CCOCC3)cc2)nc1OCc1csc(Br)c1C(=O)O. The van der Waals surface area contributed by atoms with Crippen molar-refractivity contribution in [3.05, 3.63) is 74.8 Å². The number of pyridine rings is 1. The van der Waals surface area contributed by atoms with E-state index in [1.165, 1.54) is 17.6 Å². The number of carboxylic acid groups (broad SMARTS) is 1. The number of thiophene rings is 1. The van der Waals surface area contributed by atoms with Crippen LogP contribution in [0.15, 0.2) is 62.5 Å². The Hall–Kier alpha value is -3.65. The highest BCUT2D eigenvalue weighted by molar-refractivity contribution is 9.11. The number of carboxylic acids is 1. The molecule has 4 aromatic rings. The van der Waals surface area contributed by atoms with Crippen molar-refractivity contribution in [2.24, 2.45) is 0 Å². The van der Waals surface area contributed by atoms with E-state index in [-0.39, 0.29) is 23.6 Å². The number of aromatic nitrogens is 1. The number of nitriles is 1. The van der Waals surface area contributed by atoms with Crippen LogP contribution in [0.25, 0.3) is 22.4 Å². The zero-order chi connectivity index (χ0) is 25.1. The Morgan fingerprint density at radius 1 is 1.22 bits per heavy atom. The number of halogens is 1. The molecular weight excluding hydrogens is 546 g/mol. The summed E-state index contributed by atoms with van der Waals surface area (Å²) >= 11 is 4.54. The molecule has 0 unspecified atom stereocenters. The second-order valence-electron chi connectivity index (χ2n) is 8.01. The number of aromatic carboxylic acids is 1. The van der Waals surface area contributed by atoms with Crippen molar-refractivity contribution in [2.45, 2.75) is 6.61 Å². The van der Waals surface area contributed by atoms with E-state index in [9.17, 15) is 15.2 Å². The van der Waals surface area contributed by atoms with E-state index < -0.39 is 5.97 Å². The van der Waals surface area contributed by atoms with Crippen molar-refractivity contribution in [1.29, 1.82) is 5.26 Å². The van der Waals surface area contributed by atoms with E-state index in [1.54, 1.807) is 17.7 Å². The van der Waals surface area contributed by atoms with E-state index in [2.05, 4.69) is 31.9 Å². The minimum absolute atomic E-state index is 0.0460. The van der Waals surface area contributed by atoms with E-state index in [1.807, 2.05) is 30.3 Å².